The van der Waals surface area contributed by atoms with Crippen LogP contribution in [0.1, 0.15) is 31.9 Å². The van der Waals surface area contributed by atoms with Crippen molar-refractivity contribution in [3.63, 3.8) is 0 Å². The van der Waals surface area contributed by atoms with Crippen molar-refractivity contribution in [2.24, 2.45) is 5.73 Å². The average molecular weight is 486 g/mol. The lowest BCUT2D eigenvalue weighted by Gasteiger charge is -2.16. The minimum absolute atomic E-state index is 0.339. The molecule has 1 aliphatic rings. The maximum Gasteiger partial charge on any atom is 0.239 e. The summed E-state index contributed by atoms with van der Waals surface area (Å²) in [5.41, 5.74) is 6.23. The van der Waals surface area contributed by atoms with Gasteiger partial charge >= 0.3 is 0 Å². The maximum atomic E-state index is 11.5. The van der Waals surface area contributed by atoms with E-state index in [9.17, 15) is 20.1 Å². The second-order valence-electron chi connectivity index (χ2n) is 7.84. The van der Waals surface area contributed by atoms with Crippen LogP contribution < -0.4 is 16.4 Å². The highest BCUT2D eigenvalue weighted by Crippen LogP contribution is 2.32. The van der Waals surface area contributed by atoms with Gasteiger partial charge in [-0.05, 0) is 12.8 Å². The lowest BCUT2D eigenvalue weighted by atomic mass is 10.1. The lowest BCUT2D eigenvalue weighted by molar-refractivity contribution is -0.123. The van der Waals surface area contributed by atoms with E-state index in [2.05, 4.69) is 38.2 Å². The van der Waals surface area contributed by atoms with Crippen LogP contribution in [0.2, 0.25) is 0 Å². The van der Waals surface area contributed by atoms with Gasteiger partial charge in [-0.2, -0.15) is 4.98 Å². The van der Waals surface area contributed by atoms with Crippen LogP contribution in [0.15, 0.2) is 11.4 Å². The molecule has 1 fully saturated rings. The van der Waals surface area contributed by atoms with E-state index in [1.54, 1.807) is 0 Å². The van der Waals surface area contributed by atoms with Gasteiger partial charge in [0.2, 0.25) is 11.9 Å². The first kappa shape index (κ1) is 25.6. The first-order valence-electron chi connectivity index (χ1n) is 10.8. The van der Waals surface area contributed by atoms with E-state index < -0.39 is 37.2 Å². The monoisotopic (exact) mass is 485 g/mol. The van der Waals surface area contributed by atoms with Crippen LogP contribution in [0.25, 0.3) is 11.2 Å². The molecular formula is C19H31N7O6S. The number of nitrogens with one attached hydrogen (secondary N) is 2. The number of carbonyl (C=O) groups excluding carboxylic acids is 1. The van der Waals surface area contributed by atoms with Crippen molar-refractivity contribution in [1.29, 1.82) is 0 Å². The van der Waals surface area contributed by atoms with E-state index in [4.69, 9.17) is 15.6 Å². The van der Waals surface area contributed by atoms with Crippen molar-refractivity contribution in [3.8, 4) is 0 Å². The van der Waals surface area contributed by atoms with Gasteiger partial charge in [-0.3, -0.25) is 9.36 Å². The third-order valence-electron chi connectivity index (χ3n) is 5.41. The zero-order chi connectivity index (χ0) is 24.0. The molecule has 5 atom stereocenters. The predicted octanol–water partition coefficient (Wildman–Crippen LogP) is -1.87. The number of unbranched alkanes of at least 4 members (excludes halogenated alkanes) is 3. The Balaban J connectivity index is 1.50. The largest absolute Gasteiger partial charge is 0.394 e. The molecule has 3 rings (SSSR count). The average Bonchev–Trinajstić information content (AvgIpc) is 3.35. The molecule has 184 valence electrons. The summed E-state index contributed by atoms with van der Waals surface area (Å²) in [5.74, 6) is -0.0170. The summed E-state index contributed by atoms with van der Waals surface area (Å²) in [4.78, 5) is 24.4. The van der Waals surface area contributed by atoms with Crippen molar-refractivity contribution in [2.45, 2.75) is 61.3 Å². The number of nitrogens with zero attached hydrogens (tertiary/aromatic N) is 4. The van der Waals surface area contributed by atoms with E-state index in [1.165, 1.54) is 10.9 Å². The van der Waals surface area contributed by atoms with E-state index in [-0.39, 0.29) is 12.5 Å². The fourth-order valence-corrected chi connectivity index (χ4v) is 3.76. The van der Waals surface area contributed by atoms with Crippen LogP contribution in [0, 0.1) is 0 Å². The molecule has 8 N–H and O–H groups in total. The topological polar surface area (TPSA) is 201 Å². The van der Waals surface area contributed by atoms with Gasteiger partial charge in [-0.15, -0.1) is 12.6 Å². The molecule has 0 aliphatic carbocycles. The number of nitrogens with two attached hydrogens (primary N) is 1. The van der Waals surface area contributed by atoms with Crippen molar-refractivity contribution in [2.75, 3.05) is 31.6 Å². The second-order valence-corrected chi connectivity index (χ2v) is 8.27. The number of carbonyl (C=O) groups is 1. The number of aromatic nitrogens is 4. The lowest BCUT2D eigenvalue weighted by Crippen LogP contribution is -2.43. The highest BCUT2D eigenvalue weighted by molar-refractivity contribution is 7.80. The number of fused-ring (bicyclic) bond motifs is 1. The van der Waals surface area contributed by atoms with Crippen LogP contribution in [0.4, 0.5) is 5.95 Å². The number of amides is 1. The number of aliphatic hydroxyl groups excluding tert-OH is 4. The van der Waals surface area contributed by atoms with Gasteiger partial charge in [-0.1, -0.05) is 12.8 Å². The van der Waals surface area contributed by atoms with Gasteiger partial charge < -0.3 is 41.5 Å². The molecule has 33 heavy (non-hydrogen) atoms. The standard InChI is InChI=1S/C19H31N7O6S/c20-10(7-27)16(31)21-5-3-1-2-4-6-22-19-24-15-12(17(33)25-19)23-9-26(15)18-14(30)13(29)11(8-28)32-18/h9-11,13-14,18,27-30H,1-8,20H2,(H,21,31)(H2,22,24,25,33)/t10?,11-,13+,14?,18-/m1/s1. The first-order chi connectivity index (χ1) is 15.9. The Labute approximate surface area is 195 Å². The molecule has 1 saturated heterocycles. The number of aliphatic hydroxyl groups is 4. The minimum Gasteiger partial charge on any atom is -0.394 e. The fourth-order valence-electron chi connectivity index (χ4n) is 3.51. The number of thiol groups is 1. The number of hydrogen-bond acceptors (Lipinski definition) is 12. The number of imidazole rings is 1. The quantitative estimate of drug-likeness (QED) is 0.0951. The smallest absolute Gasteiger partial charge is 0.239 e. The minimum atomic E-state index is -1.25. The van der Waals surface area contributed by atoms with Crippen molar-refractivity contribution in [1.82, 2.24) is 24.8 Å². The third-order valence-corrected chi connectivity index (χ3v) is 5.73. The molecule has 2 aromatic heterocycles. The van der Waals surface area contributed by atoms with Crippen LogP contribution in [0.3, 0.4) is 0 Å². The fraction of sp³-hybridized carbons (Fsp3) is 0.684. The van der Waals surface area contributed by atoms with Gasteiger partial charge in [0.1, 0.15) is 34.9 Å². The van der Waals surface area contributed by atoms with E-state index in [0.717, 1.165) is 25.7 Å². The highest BCUT2D eigenvalue weighted by Gasteiger charge is 2.44. The molecule has 0 spiro atoms. The van der Waals surface area contributed by atoms with Crippen LogP contribution in [-0.2, 0) is 9.53 Å². The zero-order valence-electron chi connectivity index (χ0n) is 18.0. The van der Waals surface area contributed by atoms with Gasteiger partial charge in [0, 0.05) is 13.1 Å². The van der Waals surface area contributed by atoms with E-state index in [0.29, 0.717) is 35.2 Å². The number of rotatable bonds is 12. The van der Waals surface area contributed by atoms with Crippen molar-refractivity contribution < 1.29 is 30.0 Å². The molecule has 0 bridgehead atoms. The van der Waals surface area contributed by atoms with Crippen molar-refractivity contribution >= 4 is 35.6 Å². The second kappa shape index (κ2) is 11.9. The highest BCUT2D eigenvalue weighted by atomic mass is 32.1. The first-order valence-corrected chi connectivity index (χ1v) is 11.3. The van der Waals surface area contributed by atoms with E-state index in [1.807, 2.05) is 0 Å². The SMILES string of the molecule is NC(CO)C(=O)NCCCCCCNc1nc(S)c2ncn([C@@H]3O[C@H](CO)[C@H](O)C3O)c2n1. The summed E-state index contributed by atoms with van der Waals surface area (Å²) in [7, 11) is 0. The van der Waals surface area contributed by atoms with Crippen LogP contribution >= 0.6 is 12.6 Å². The summed E-state index contributed by atoms with van der Waals surface area (Å²) in [6, 6.07) is -0.885. The van der Waals surface area contributed by atoms with Gasteiger partial charge in [0.25, 0.3) is 0 Å². The molecule has 13 nitrogen and oxygen atoms in total. The van der Waals surface area contributed by atoms with Gasteiger partial charge in [0.05, 0.1) is 19.5 Å². The summed E-state index contributed by atoms with van der Waals surface area (Å²) in [6.07, 6.45) is 0.568. The summed E-state index contributed by atoms with van der Waals surface area (Å²) < 4.78 is 7.06. The normalized spacial score (nSPS) is 23.7. The molecule has 0 radical (unpaired) electrons. The molecule has 2 unspecified atom stereocenters. The van der Waals surface area contributed by atoms with Crippen molar-refractivity contribution in [3.05, 3.63) is 6.33 Å². The predicted molar refractivity (Wildman–Crippen MR) is 121 cm³/mol. The molecule has 0 saturated carbocycles. The maximum absolute atomic E-state index is 11.5. The third kappa shape index (κ3) is 6.09. The van der Waals surface area contributed by atoms with Gasteiger partial charge in [-0.25, -0.2) is 9.97 Å². The molecule has 1 aliphatic heterocycles. The summed E-state index contributed by atoms with van der Waals surface area (Å²) in [6.45, 7) is 0.319. The Morgan fingerprint density at radius 1 is 1.18 bits per heavy atom. The number of ether oxygens (including phenoxy) is 1. The zero-order valence-corrected chi connectivity index (χ0v) is 18.9. The molecule has 3 heterocycles. The number of anilines is 1. The molecule has 1 amide bonds. The van der Waals surface area contributed by atoms with Gasteiger partial charge in [0.15, 0.2) is 11.9 Å². The van der Waals surface area contributed by atoms with E-state index >= 15 is 0 Å². The van der Waals surface area contributed by atoms with Crippen LogP contribution in [0.5, 0.6) is 0 Å². The Hall–Kier alpha value is -2.07. The molecular weight excluding hydrogens is 454 g/mol. The Morgan fingerprint density at radius 2 is 1.91 bits per heavy atom. The molecule has 2 aromatic rings. The Morgan fingerprint density at radius 3 is 2.58 bits per heavy atom. The Bertz CT molecular complexity index is 931. The summed E-state index contributed by atoms with van der Waals surface area (Å²) in [5, 5.41) is 44.6. The molecule has 14 heteroatoms. The number of hydrogen-bond donors (Lipinski definition) is 8. The van der Waals surface area contributed by atoms with Crippen LogP contribution in [-0.4, -0.2) is 96.5 Å². The summed E-state index contributed by atoms with van der Waals surface area (Å²) >= 11 is 4.37. The Kier molecular flexibility index (Phi) is 9.19. The molecule has 0 aromatic carbocycles.